The molecule has 2 N–H and O–H groups in total. The summed E-state index contributed by atoms with van der Waals surface area (Å²) in [7, 11) is 0. The van der Waals surface area contributed by atoms with Gasteiger partial charge in [0.2, 0.25) is 0 Å². The third-order valence-corrected chi connectivity index (χ3v) is 4.91. The monoisotopic (exact) mass is 347 g/mol. The van der Waals surface area contributed by atoms with Crippen LogP contribution < -0.4 is 10.6 Å². The number of nitriles is 1. The molecule has 0 saturated carbocycles. The molecule has 134 valence electrons. The number of fused-ring (bicyclic) bond motifs is 1. The fourth-order valence-electron chi connectivity index (χ4n) is 3.41. The van der Waals surface area contributed by atoms with Crippen LogP contribution in [-0.2, 0) is 13.0 Å². The molecule has 0 fully saturated rings. The lowest BCUT2D eigenvalue weighted by atomic mass is 9.87. The molecule has 0 saturated heterocycles. The predicted molar refractivity (Wildman–Crippen MR) is 104 cm³/mol. The number of hydrogen-bond donors (Lipinski definition) is 2. The van der Waals surface area contributed by atoms with Crippen LogP contribution in [0.15, 0.2) is 36.4 Å². The van der Waals surface area contributed by atoms with E-state index in [4.69, 9.17) is 0 Å². The van der Waals surface area contributed by atoms with Crippen molar-refractivity contribution in [2.75, 3.05) is 5.32 Å². The average molecular weight is 347 g/mol. The maximum atomic E-state index is 12.6. The summed E-state index contributed by atoms with van der Waals surface area (Å²) in [6.45, 7) is 9.27. The van der Waals surface area contributed by atoms with Gasteiger partial charge in [0.25, 0.3) is 5.91 Å². The van der Waals surface area contributed by atoms with Crippen molar-refractivity contribution in [3.63, 3.8) is 0 Å². The second-order valence-electron chi connectivity index (χ2n) is 7.92. The minimum atomic E-state index is -0.194. The summed E-state index contributed by atoms with van der Waals surface area (Å²) in [5.74, 6) is 0.0556. The molecule has 1 aliphatic rings. The molecule has 0 bridgehead atoms. The van der Waals surface area contributed by atoms with Crippen molar-refractivity contribution in [3.8, 4) is 6.07 Å². The number of amides is 1. The van der Waals surface area contributed by atoms with Gasteiger partial charge in [-0.3, -0.25) is 4.79 Å². The van der Waals surface area contributed by atoms with Gasteiger partial charge in [-0.25, -0.2) is 0 Å². The molecule has 1 aliphatic heterocycles. The standard InChI is InChI=1S/C22H25N3O/c1-14(2)20-8-6-15(9-17(20)12-23)21(26)25-19-7-5-16-11-22(3,4)24-13-18(16)10-19/h5-10,14,24H,11,13H2,1-4H3,(H,25,26). The lowest BCUT2D eigenvalue weighted by Gasteiger charge is -2.33. The number of carbonyl (C=O) groups excluding carboxylic acids is 1. The Morgan fingerprint density at radius 1 is 1.19 bits per heavy atom. The first-order valence-electron chi connectivity index (χ1n) is 9.01. The summed E-state index contributed by atoms with van der Waals surface area (Å²) >= 11 is 0. The summed E-state index contributed by atoms with van der Waals surface area (Å²) in [4.78, 5) is 12.6. The van der Waals surface area contributed by atoms with Crippen LogP contribution in [0.4, 0.5) is 5.69 Å². The minimum Gasteiger partial charge on any atom is -0.322 e. The van der Waals surface area contributed by atoms with Gasteiger partial charge in [-0.2, -0.15) is 5.26 Å². The first-order valence-corrected chi connectivity index (χ1v) is 9.01. The molecule has 0 radical (unpaired) electrons. The molecule has 1 heterocycles. The number of carbonyl (C=O) groups is 1. The maximum Gasteiger partial charge on any atom is 0.255 e. The van der Waals surface area contributed by atoms with E-state index in [0.717, 1.165) is 24.2 Å². The van der Waals surface area contributed by atoms with Gasteiger partial charge in [0, 0.05) is 23.3 Å². The molecular formula is C22H25N3O. The molecule has 2 aromatic carbocycles. The largest absolute Gasteiger partial charge is 0.322 e. The van der Waals surface area contributed by atoms with Crippen molar-refractivity contribution >= 4 is 11.6 Å². The van der Waals surface area contributed by atoms with Gasteiger partial charge in [0.1, 0.15) is 0 Å². The van der Waals surface area contributed by atoms with Crippen molar-refractivity contribution < 1.29 is 4.79 Å². The second-order valence-corrected chi connectivity index (χ2v) is 7.92. The number of hydrogen-bond acceptors (Lipinski definition) is 3. The molecule has 3 rings (SSSR count). The number of anilines is 1. The van der Waals surface area contributed by atoms with E-state index in [1.165, 1.54) is 11.1 Å². The van der Waals surface area contributed by atoms with Gasteiger partial charge >= 0.3 is 0 Å². The minimum absolute atomic E-state index is 0.101. The normalized spacial score (nSPS) is 15.2. The Morgan fingerprint density at radius 3 is 2.65 bits per heavy atom. The molecule has 0 aliphatic carbocycles. The molecule has 2 aromatic rings. The number of nitrogens with zero attached hydrogens (tertiary/aromatic N) is 1. The maximum absolute atomic E-state index is 12.6. The van der Waals surface area contributed by atoms with Gasteiger partial charge in [0.05, 0.1) is 11.6 Å². The van der Waals surface area contributed by atoms with E-state index in [1.54, 1.807) is 12.1 Å². The second kappa shape index (κ2) is 6.93. The van der Waals surface area contributed by atoms with E-state index in [9.17, 15) is 10.1 Å². The molecule has 4 heteroatoms. The molecule has 0 spiro atoms. The van der Waals surface area contributed by atoms with Gasteiger partial charge in [-0.05, 0) is 67.1 Å². The van der Waals surface area contributed by atoms with E-state index in [-0.39, 0.29) is 17.4 Å². The van der Waals surface area contributed by atoms with Crippen molar-refractivity contribution in [1.29, 1.82) is 5.26 Å². The van der Waals surface area contributed by atoms with Crippen LogP contribution in [0.2, 0.25) is 0 Å². The summed E-state index contributed by atoms with van der Waals surface area (Å²) in [6.07, 6.45) is 0.971. The Hall–Kier alpha value is -2.64. The van der Waals surface area contributed by atoms with Crippen molar-refractivity contribution in [2.24, 2.45) is 0 Å². The highest BCUT2D eigenvalue weighted by atomic mass is 16.1. The van der Waals surface area contributed by atoms with E-state index >= 15 is 0 Å². The zero-order valence-corrected chi connectivity index (χ0v) is 15.8. The van der Waals surface area contributed by atoms with Crippen molar-refractivity contribution in [2.45, 2.75) is 52.1 Å². The van der Waals surface area contributed by atoms with Crippen LogP contribution in [0, 0.1) is 11.3 Å². The smallest absolute Gasteiger partial charge is 0.255 e. The van der Waals surface area contributed by atoms with E-state index in [2.05, 4.69) is 36.6 Å². The Balaban J connectivity index is 1.80. The highest BCUT2D eigenvalue weighted by molar-refractivity contribution is 6.04. The van der Waals surface area contributed by atoms with Crippen LogP contribution in [0.5, 0.6) is 0 Å². The number of nitrogens with one attached hydrogen (secondary N) is 2. The lowest BCUT2D eigenvalue weighted by Crippen LogP contribution is -2.44. The molecule has 0 unspecified atom stereocenters. The average Bonchev–Trinajstić information content (AvgIpc) is 2.60. The van der Waals surface area contributed by atoms with Crippen LogP contribution in [0.25, 0.3) is 0 Å². The number of rotatable bonds is 3. The van der Waals surface area contributed by atoms with Gasteiger partial charge in [0.15, 0.2) is 0 Å². The third kappa shape index (κ3) is 3.79. The molecule has 0 aromatic heterocycles. The lowest BCUT2D eigenvalue weighted by molar-refractivity contribution is 0.102. The van der Waals surface area contributed by atoms with Gasteiger partial charge in [-0.15, -0.1) is 0 Å². The van der Waals surface area contributed by atoms with Gasteiger partial charge in [-0.1, -0.05) is 26.0 Å². The predicted octanol–water partition coefficient (Wildman–Crippen LogP) is 4.36. The molecule has 4 nitrogen and oxygen atoms in total. The fourth-order valence-corrected chi connectivity index (χ4v) is 3.41. The number of benzene rings is 2. The van der Waals surface area contributed by atoms with Crippen molar-refractivity contribution in [1.82, 2.24) is 5.32 Å². The Bertz CT molecular complexity index is 891. The Kier molecular flexibility index (Phi) is 4.84. The van der Waals surface area contributed by atoms with Crippen LogP contribution >= 0.6 is 0 Å². The van der Waals surface area contributed by atoms with Crippen LogP contribution in [0.1, 0.15) is 66.2 Å². The third-order valence-electron chi connectivity index (χ3n) is 4.91. The summed E-state index contributed by atoms with van der Waals surface area (Å²) in [5, 5.41) is 15.8. The molecule has 1 amide bonds. The highest BCUT2D eigenvalue weighted by Gasteiger charge is 2.24. The SMILES string of the molecule is CC(C)c1ccc(C(=O)Nc2ccc3c(c2)CNC(C)(C)C3)cc1C#N. The Morgan fingerprint density at radius 2 is 1.96 bits per heavy atom. The molecular weight excluding hydrogens is 322 g/mol. The zero-order chi connectivity index (χ0) is 18.9. The quantitative estimate of drug-likeness (QED) is 0.867. The summed E-state index contributed by atoms with van der Waals surface area (Å²) in [6, 6.07) is 13.6. The van der Waals surface area contributed by atoms with Gasteiger partial charge < -0.3 is 10.6 Å². The van der Waals surface area contributed by atoms with Crippen LogP contribution in [-0.4, -0.2) is 11.4 Å². The topological polar surface area (TPSA) is 64.9 Å². The first-order chi connectivity index (χ1) is 12.3. The summed E-state index contributed by atoms with van der Waals surface area (Å²) in [5.41, 5.74) is 5.44. The van der Waals surface area contributed by atoms with Crippen molar-refractivity contribution in [3.05, 3.63) is 64.2 Å². The van der Waals surface area contributed by atoms with E-state index < -0.39 is 0 Å². The van der Waals surface area contributed by atoms with E-state index in [1.807, 2.05) is 32.0 Å². The fraction of sp³-hybridized carbons (Fsp3) is 0.364. The van der Waals surface area contributed by atoms with Crippen LogP contribution in [0.3, 0.4) is 0 Å². The zero-order valence-electron chi connectivity index (χ0n) is 15.8. The first kappa shape index (κ1) is 18.2. The highest BCUT2D eigenvalue weighted by Crippen LogP contribution is 2.26. The Labute approximate surface area is 155 Å². The summed E-state index contributed by atoms with van der Waals surface area (Å²) < 4.78 is 0. The molecule has 26 heavy (non-hydrogen) atoms. The molecule has 0 atom stereocenters. The van der Waals surface area contributed by atoms with E-state index in [0.29, 0.717) is 11.1 Å².